The molecule has 7 nitrogen and oxygen atoms in total. The van der Waals surface area contributed by atoms with E-state index >= 15 is 0 Å². The van der Waals surface area contributed by atoms with Gasteiger partial charge in [0.25, 0.3) is 11.6 Å². The molecule has 1 heterocycles. The van der Waals surface area contributed by atoms with E-state index in [1.165, 1.54) is 6.07 Å². The second kappa shape index (κ2) is 8.10. The quantitative estimate of drug-likeness (QED) is 0.638. The van der Waals surface area contributed by atoms with Crippen molar-refractivity contribution in [2.45, 2.75) is 32.7 Å². The van der Waals surface area contributed by atoms with Crippen molar-refractivity contribution in [1.82, 2.24) is 10.2 Å². The summed E-state index contributed by atoms with van der Waals surface area (Å²) in [7, 11) is 2.04. The van der Waals surface area contributed by atoms with E-state index in [0.29, 0.717) is 11.3 Å². The molecule has 0 radical (unpaired) electrons. The lowest BCUT2D eigenvalue weighted by molar-refractivity contribution is -0.384. The van der Waals surface area contributed by atoms with Gasteiger partial charge >= 0.3 is 0 Å². The minimum atomic E-state index is -0.401. The number of likely N-dealkylation sites (N-methyl/N-ethyl adjacent to an activating group) is 1. The highest BCUT2D eigenvalue weighted by atomic mass is 16.6. The first-order valence-electron chi connectivity index (χ1n) is 8.49. The number of benzene rings is 1. The molecule has 0 saturated carbocycles. The van der Waals surface area contributed by atoms with Crippen LogP contribution in [0.1, 0.15) is 37.0 Å². The molecule has 1 saturated heterocycles. The van der Waals surface area contributed by atoms with Crippen molar-refractivity contribution >= 4 is 17.3 Å². The molecule has 1 N–H and O–H groups in total. The predicted molar refractivity (Wildman–Crippen MR) is 94.6 cm³/mol. The van der Waals surface area contributed by atoms with E-state index in [4.69, 9.17) is 0 Å². The van der Waals surface area contributed by atoms with Crippen LogP contribution >= 0.6 is 0 Å². The van der Waals surface area contributed by atoms with Crippen molar-refractivity contribution in [3.05, 3.63) is 33.9 Å². The Labute approximate surface area is 142 Å². The number of nitrogens with zero attached hydrogens (tertiary/aromatic N) is 3. The van der Waals surface area contributed by atoms with Crippen LogP contribution in [0.4, 0.5) is 11.4 Å². The molecule has 1 amide bonds. The summed E-state index contributed by atoms with van der Waals surface area (Å²) in [6.45, 7) is 7.25. The number of hydrogen-bond donors (Lipinski definition) is 1. The zero-order valence-electron chi connectivity index (χ0n) is 14.6. The third-order valence-corrected chi connectivity index (χ3v) is 4.60. The highest BCUT2D eigenvalue weighted by molar-refractivity contribution is 5.96. The summed E-state index contributed by atoms with van der Waals surface area (Å²) in [5.41, 5.74) is 0.926. The topological polar surface area (TPSA) is 78.7 Å². The average Bonchev–Trinajstić information content (AvgIpc) is 2.59. The molecule has 132 valence electrons. The molecule has 1 fully saturated rings. The van der Waals surface area contributed by atoms with Crippen LogP contribution in [0.15, 0.2) is 18.2 Å². The first-order valence-corrected chi connectivity index (χ1v) is 8.49. The van der Waals surface area contributed by atoms with Crippen LogP contribution in [0.25, 0.3) is 0 Å². The van der Waals surface area contributed by atoms with Gasteiger partial charge in [-0.2, -0.15) is 0 Å². The van der Waals surface area contributed by atoms with Crippen molar-refractivity contribution < 1.29 is 9.72 Å². The summed E-state index contributed by atoms with van der Waals surface area (Å²) in [4.78, 5) is 27.6. The van der Waals surface area contributed by atoms with Gasteiger partial charge in [-0.1, -0.05) is 13.8 Å². The van der Waals surface area contributed by atoms with E-state index in [1.807, 2.05) is 25.8 Å². The number of carbonyl (C=O) groups is 1. The van der Waals surface area contributed by atoms with E-state index in [0.717, 1.165) is 39.0 Å². The minimum absolute atomic E-state index is 0.00301. The zero-order chi connectivity index (χ0) is 17.7. The third kappa shape index (κ3) is 4.23. The van der Waals surface area contributed by atoms with Crippen molar-refractivity contribution in [3.63, 3.8) is 0 Å². The zero-order valence-corrected chi connectivity index (χ0v) is 14.6. The Morgan fingerprint density at radius 3 is 2.42 bits per heavy atom. The van der Waals surface area contributed by atoms with Gasteiger partial charge in [-0.25, -0.2) is 0 Å². The van der Waals surface area contributed by atoms with Crippen molar-refractivity contribution in [2.24, 2.45) is 0 Å². The molecule has 0 bridgehead atoms. The maximum atomic E-state index is 12.3. The van der Waals surface area contributed by atoms with Gasteiger partial charge in [0.1, 0.15) is 5.69 Å². The lowest BCUT2D eigenvalue weighted by atomic mass is 10.1. The van der Waals surface area contributed by atoms with Crippen LogP contribution < -0.4 is 10.2 Å². The molecule has 1 aromatic rings. The number of nitrogens with one attached hydrogen (secondary N) is 1. The van der Waals surface area contributed by atoms with E-state index < -0.39 is 4.92 Å². The number of carbonyl (C=O) groups excluding carboxylic acids is 1. The fourth-order valence-electron chi connectivity index (χ4n) is 2.89. The van der Waals surface area contributed by atoms with Gasteiger partial charge in [-0.05, 0) is 32.0 Å². The van der Waals surface area contributed by atoms with Gasteiger partial charge in [0.15, 0.2) is 0 Å². The summed E-state index contributed by atoms with van der Waals surface area (Å²) in [5, 5.41) is 14.4. The molecule has 1 aliphatic heterocycles. The highest BCUT2D eigenvalue weighted by Crippen LogP contribution is 2.30. The molecule has 0 aromatic heterocycles. The number of piperazine rings is 1. The molecule has 24 heavy (non-hydrogen) atoms. The molecular weight excluding hydrogens is 308 g/mol. The smallest absolute Gasteiger partial charge is 0.293 e. The number of rotatable bonds is 6. The van der Waals surface area contributed by atoms with Crippen LogP contribution in [0.2, 0.25) is 0 Å². The lowest BCUT2D eigenvalue weighted by Crippen LogP contribution is -2.44. The van der Waals surface area contributed by atoms with Gasteiger partial charge in [0.05, 0.1) is 4.92 Å². The second-order valence-corrected chi connectivity index (χ2v) is 6.24. The molecule has 0 unspecified atom stereocenters. The van der Waals surface area contributed by atoms with Crippen molar-refractivity contribution in [3.8, 4) is 0 Å². The SMILES string of the molecule is CCC(CC)NC(=O)c1ccc(N2CCN(C)CC2)c([N+](=O)[O-])c1. The Balaban J connectivity index is 2.23. The van der Waals surface area contributed by atoms with Crippen LogP contribution in [-0.2, 0) is 0 Å². The molecular formula is C17H26N4O3. The Morgan fingerprint density at radius 2 is 1.88 bits per heavy atom. The molecule has 0 spiro atoms. The predicted octanol–water partition coefficient (Wildman–Crippen LogP) is 2.27. The molecule has 0 atom stereocenters. The lowest BCUT2D eigenvalue weighted by Gasteiger charge is -2.33. The number of hydrogen-bond acceptors (Lipinski definition) is 5. The Kier molecular flexibility index (Phi) is 6.14. The van der Waals surface area contributed by atoms with Gasteiger partial charge in [-0.3, -0.25) is 14.9 Å². The summed E-state index contributed by atoms with van der Waals surface area (Å²) in [5.74, 6) is -0.253. The van der Waals surface area contributed by atoms with Gasteiger partial charge in [-0.15, -0.1) is 0 Å². The largest absolute Gasteiger partial charge is 0.363 e. The summed E-state index contributed by atoms with van der Waals surface area (Å²) in [6, 6.07) is 4.86. The average molecular weight is 334 g/mol. The fourth-order valence-corrected chi connectivity index (χ4v) is 2.89. The molecule has 2 rings (SSSR count). The van der Waals surface area contributed by atoms with Gasteiger partial charge in [0.2, 0.25) is 0 Å². The molecule has 0 aliphatic carbocycles. The Bertz CT molecular complexity index is 593. The number of anilines is 1. The van der Waals surface area contributed by atoms with Crippen molar-refractivity contribution in [2.75, 3.05) is 38.1 Å². The minimum Gasteiger partial charge on any atom is -0.363 e. The van der Waals surface area contributed by atoms with E-state index in [2.05, 4.69) is 10.2 Å². The van der Waals surface area contributed by atoms with Gasteiger partial charge in [0, 0.05) is 43.9 Å². The third-order valence-electron chi connectivity index (χ3n) is 4.60. The van der Waals surface area contributed by atoms with Crippen molar-refractivity contribution in [1.29, 1.82) is 0 Å². The number of nitro benzene ring substituents is 1. The van der Waals surface area contributed by atoms with Crippen LogP contribution in [-0.4, -0.2) is 55.0 Å². The summed E-state index contributed by atoms with van der Waals surface area (Å²) >= 11 is 0. The molecule has 1 aromatic carbocycles. The standard InChI is InChI=1S/C17H26N4O3/c1-4-14(5-2)18-17(22)13-6-7-15(16(12-13)21(23)24)20-10-8-19(3)9-11-20/h6-7,12,14H,4-5,8-11H2,1-3H3,(H,18,22). The maximum Gasteiger partial charge on any atom is 0.293 e. The maximum absolute atomic E-state index is 12.3. The van der Waals surface area contributed by atoms with E-state index in [1.54, 1.807) is 12.1 Å². The summed E-state index contributed by atoms with van der Waals surface area (Å²) in [6.07, 6.45) is 1.67. The summed E-state index contributed by atoms with van der Waals surface area (Å²) < 4.78 is 0. The molecule has 7 heteroatoms. The van der Waals surface area contributed by atoms with Crippen LogP contribution in [0.5, 0.6) is 0 Å². The number of nitro groups is 1. The van der Waals surface area contributed by atoms with E-state index in [9.17, 15) is 14.9 Å². The monoisotopic (exact) mass is 334 g/mol. The van der Waals surface area contributed by atoms with Gasteiger partial charge < -0.3 is 15.1 Å². The highest BCUT2D eigenvalue weighted by Gasteiger charge is 2.24. The van der Waals surface area contributed by atoms with Crippen LogP contribution in [0.3, 0.4) is 0 Å². The first kappa shape index (κ1) is 18.2. The fraction of sp³-hybridized carbons (Fsp3) is 0.588. The molecule has 1 aliphatic rings. The second-order valence-electron chi connectivity index (χ2n) is 6.24. The normalized spacial score (nSPS) is 15.6. The Hall–Kier alpha value is -2.15. The van der Waals surface area contributed by atoms with Crippen LogP contribution in [0, 0.1) is 10.1 Å². The van der Waals surface area contributed by atoms with E-state index in [-0.39, 0.29) is 17.6 Å². The number of amides is 1. The first-order chi connectivity index (χ1) is 11.5. The Morgan fingerprint density at radius 1 is 1.25 bits per heavy atom.